The zero-order chi connectivity index (χ0) is 15.0. The molecule has 2 aromatic rings. The van der Waals surface area contributed by atoms with Crippen LogP contribution in [0.1, 0.15) is 47.8 Å². The highest BCUT2D eigenvalue weighted by molar-refractivity contribution is 5.99. The number of aryl methyl sites for hydroxylation is 2. The molecule has 1 aromatic carbocycles. The van der Waals surface area contributed by atoms with Crippen molar-refractivity contribution < 1.29 is 4.79 Å². The smallest absolute Gasteiger partial charge is 0.253 e. The van der Waals surface area contributed by atoms with Gasteiger partial charge in [-0.05, 0) is 50.3 Å². The number of carbonyl (C=O) groups excluding carboxylic acids is 1. The highest BCUT2D eigenvalue weighted by Crippen LogP contribution is 2.34. The van der Waals surface area contributed by atoms with Gasteiger partial charge < -0.3 is 5.32 Å². The summed E-state index contributed by atoms with van der Waals surface area (Å²) < 4.78 is 0. The van der Waals surface area contributed by atoms with E-state index in [-0.39, 0.29) is 5.91 Å². The Hall–Kier alpha value is -1.90. The monoisotopic (exact) mass is 282 g/mol. The maximum atomic E-state index is 12.4. The molecule has 3 nitrogen and oxygen atoms in total. The highest BCUT2D eigenvalue weighted by atomic mass is 16.1. The molecule has 21 heavy (non-hydrogen) atoms. The fraction of sp³-hybridized carbons (Fsp3) is 0.444. The van der Waals surface area contributed by atoms with Crippen molar-refractivity contribution in [1.29, 1.82) is 0 Å². The minimum atomic E-state index is 0.0195. The van der Waals surface area contributed by atoms with Crippen molar-refractivity contribution in [3.8, 4) is 0 Å². The van der Waals surface area contributed by atoms with Gasteiger partial charge in [-0.15, -0.1) is 0 Å². The van der Waals surface area contributed by atoms with Gasteiger partial charge in [-0.25, -0.2) is 0 Å². The minimum Gasteiger partial charge on any atom is -0.349 e. The molecule has 0 bridgehead atoms. The first-order valence-electron chi connectivity index (χ1n) is 7.77. The summed E-state index contributed by atoms with van der Waals surface area (Å²) in [7, 11) is 0. The Bertz CT molecular complexity index is 693. The summed E-state index contributed by atoms with van der Waals surface area (Å²) in [6.07, 6.45) is 3.52. The number of carbonyl (C=O) groups is 1. The van der Waals surface area contributed by atoms with Gasteiger partial charge in [0.2, 0.25) is 0 Å². The molecule has 0 unspecified atom stereocenters. The van der Waals surface area contributed by atoms with Crippen molar-refractivity contribution in [1.82, 2.24) is 10.3 Å². The molecule has 110 valence electrons. The Labute approximate surface area is 125 Å². The van der Waals surface area contributed by atoms with E-state index in [9.17, 15) is 4.79 Å². The molecule has 3 heteroatoms. The van der Waals surface area contributed by atoms with E-state index in [1.807, 2.05) is 19.1 Å². The molecule has 1 aliphatic rings. The molecule has 1 fully saturated rings. The van der Waals surface area contributed by atoms with E-state index < -0.39 is 0 Å². The lowest BCUT2D eigenvalue weighted by atomic mass is 10.1. The fourth-order valence-electron chi connectivity index (χ4n) is 2.96. The molecule has 0 spiro atoms. The van der Waals surface area contributed by atoms with Crippen LogP contribution in [0.2, 0.25) is 0 Å². The largest absolute Gasteiger partial charge is 0.349 e. The average Bonchev–Trinajstić information content (AvgIpc) is 3.16. The van der Waals surface area contributed by atoms with Crippen LogP contribution in [0.25, 0.3) is 10.9 Å². The first-order chi connectivity index (χ1) is 10.1. The molecule has 0 aliphatic heterocycles. The average molecular weight is 282 g/mol. The van der Waals surface area contributed by atoms with E-state index in [0.29, 0.717) is 17.5 Å². The zero-order valence-corrected chi connectivity index (χ0v) is 12.9. The number of amides is 1. The Morgan fingerprint density at radius 2 is 2.14 bits per heavy atom. The Kier molecular flexibility index (Phi) is 3.66. The SMILES string of the molecule is CCC[C@H]1C[C@@H]1NC(=O)c1cc2ccc(C)cc2nc1C. The number of nitrogens with zero attached hydrogens (tertiary/aromatic N) is 1. The van der Waals surface area contributed by atoms with E-state index >= 15 is 0 Å². The van der Waals surface area contributed by atoms with Gasteiger partial charge in [0.15, 0.2) is 0 Å². The molecular formula is C18H22N2O. The highest BCUT2D eigenvalue weighted by Gasteiger charge is 2.37. The number of hydrogen-bond donors (Lipinski definition) is 1. The van der Waals surface area contributed by atoms with Gasteiger partial charge >= 0.3 is 0 Å². The number of pyridine rings is 1. The minimum absolute atomic E-state index is 0.0195. The van der Waals surface area contributed by atoms with E-state index in [1.54, 1.807) is 0 Å². The Balaban J connectivity index is 1.81. The van der Waals surface area contributed by atoms with Crippen LogP contribution in [0.5, 0.6) is 0 Å². The predicted octanol–water partition coefficient (Wildman–Crippen LogP) is 3.77. The van der Waals surface area contributed by atoms with E-state index in [2.05, 4.69) is 36.3 Å². The van der Waals surface area contributed by atoms with Crippen LogP contribution >= 0.6 is 0 Å². The third-order valence-corrected chi connectivity index (χ3v) is 4.31. The van der Waals surface area contributed by atoms with Crippen LogP contribution in [0, 0.1) is 19.8 Å². The van der Waals surface area contributed by atoms with Gasteiger partial charge in [-0.1, -0.05) is 25.5 Å². The van der Waals surface area contributed by atoms with Crippen LogP contribution in [-0.2, 0) is 0 Å². The van der Waals surface area contributed by atoms with Gasteiger partial charge in [-0.2, -0.15) is 0 Å². The maximum Gasteiger partial charge on any atom is 0.253 e. The van der Waals surface area contributed by atoms with E-state index in [1.165, 1.54) is 18.4 Å². The molecular weight excluding hydrogens is 260 g/mol. The molecule has 3 rings (SSSR count). The van der Waals surface area contributed by atoms with Crippen LogP contribution in [-0.4, -0.2) is 16.9 Å². The molecule has 1 aromatic heterocycles. The van der Waals surface area contributed by atoms with Crippen molar-refractivity contribution in [3.63, 3.8) is 0 Å². The lowest BCUT2D eigenvalue weighted by molar-refractivity contribution is 0.0948. The quantitative estimate of drug-likeness (QED) is 0.927. The number of nitrogens with one attached hydrogen (secondary N) is 1. The molecule has 2 atom stereocenters. The maximum absolute atomic E-state index is 12.4. The summed E-state index contributed by atoms with van der Waals surface area (Å²) in [4.78, 5) is 17.0. The third-order valence-electron chi connectivity index (χ3n) is 4.31. The molecule has 1 saturated carbocycles. The second-order valence-corrected chi connectivity index (χ2v) is 6.18. The van der Waals surface area contributed by atoms with Gasteiger partial charge in [-0.3, -0.25) is 9.78 Å². The first-order valence-corrected chi connectivity index (χ1v) is 7.77. The third kappa shape index (κ3) is 2.92. The van der Waals surface area contributed by atoms with Crippen molar-refractivity contribution >= 4 is 16.8 Å². The summed E-state index contributed by atoms with van der Waals surface area (Å²) in [6, 6.07) is 8.47. The second-order valence-electron chi connectivity index (χ2n) is 6.18. The molecule has 1 amide bonds. The number of hydrogen-bond acceptors (Lipinski definition) is 2. The molecule has 0 radical (unpaired) electrons. The van der Waals surface area contributed by atoms with Crippen LogP contribution in [0.3, 0.4) is 0 Å². The first kappa shape index (κ1) is 14.1. The fourth-order valence-corrected chi connectivity index (χ4v) is 2.96. The summed E-state index contributed by atoms with van der Waals surface area (Å²) in [5, 5.41) is 4.17. The summed E-state index contributed by atoms with van der Waals surface area (Å²) in [5.41, 5.74) is 3.65. The normalized spacial score (nSPS) is 20.5. The standard InChI is InChI=1S/C18H22N2O/c1-4-5-13-10-17(13)20-18(21)15-9-14-7-6-11(2)8-16(14)19-12(15)3/h6-9,13,17H,4-5,10H2,1-3H3,(H,20,21)/t13-,17-/m0/s1. The van der Waals surface area contributed by atoms with Crippen LogP contribution in [0.4, 0.5) is 0 Å². The van der Waals surface area contributed by atoms with E-state index in [0.717, 1.165) is 23.0 Å². The number of aromatic nitrogens is 1. The number of rotatable bonds is 4. The molecule has 1 N–H and O–H groups in total. The van der Waals surface area contributed by atoms with Crippen molar-refractivity contribution in [3.05, 3.63) is 41.1 Å². The summed E-state index contributed by atoms with van der Waals surface area (Å²) >= 11 is 0. The van der Waals surface area contributed by atoms with Crippen molar-refractivity contribution in [2.75, 3.05) is 0 Å². The summed E-state index contributed by atoms with van der Waals surface area (Å²) in [6.45, 7) is 6.15. The molecule has 1 aliphatic carbocycles. The predicted molar refractivity (Wildman–Crippen MR) is 85.5 cm³/mol. The topological polar surface area (TPSA) is 42.0 Å². The van der Waals surface area contributed by atoms with Crippen molar-refractivity contribution in [2.45, 2.75) is 46.1 Å². The zero-order valence-electron chi connectivity index (χ0n) is 12.9. The van der Waals surface area contributed by atoms with Gasteiger partial charge in [0.1, 0.15) is 0 Å². The number of benzene rings is 1. The van der Waals surface area contributed by atoms with E-state index in [4.69, 9.17) is 0 Å². The van der Waals surface area contributed by atoms with Gasteiger partial charge in [0.05, 0.1) is 16.8 Å². The summed E-state index contributed by atoms with van der Waals surface area (Å²) in [5.74, 6) is 0.696. The lowest BCUT2D eigenvalue weighted by Crippen LogP contribution is -2.27. The molecule has 0 saturated heterocycles. The Morgan fingerprint density at radius 1 is 1.33 bits per heavy atom. The second kappa shape index (κ2) is 5.47. The lowest BCUT2D eigenvalue weighted by Gasteiger charge is -2.09. The molecule has 1 heterocycles. The number of fused-ring (bicyclic) bond motifs is 1. The van der Waals surface area contributed by atoms with Crippen LogP contribution < -0.4 is 5.32 Å². The van der Waals surface area contributed by atoms with Crippen molar-refractivity contribution in [2.24, 2.45) is 5.92 Å². The van der Waals surface area contributed by atoms with Gasteiger partial charge in [0, 0.05) is 11.4 Å². The Morgan fingerprint density at radius 3 is 2.90 bits per heavy atom. The van der Waals surface area contributed by atoms with Gasteiger partial charge in [0.25, 0.3) is 5.91 Å². The van der Waals surface area contributed by atoms with Crippen LogP contribution in [0.15, 0.2) is 24.3 Å².